The van der Waals surface area contributed by atoms with E-state index in [9.17, 15) is 8.78 Å². The van der Waals surface area contributed by atoms with Crippen LogP contribution >= 0.6 is 0 Å². The number of hydrogen-bond donors (Lipinski definition) is 0. The summed E-state index contributed by atoms with van der Waals surface area (Å²) in [7, 11) is 0. The second-order valence-electron chi connectivity index (χ2n) is 3.91. The molecule has 0 saturated carbocycles. The van der Waals surface area contributed by atoms with E-state index in [1.807, 2.05) is 0 Å². The molecular weight excluding hydrogens is 266 g/mol. The van der Waals surface area contributed by atoms with E-state index in [1.54, 1.807) is 12.1 Å². The average Bonchev–Trinajstić information content (AvgIpc) is 3.07. The van der Waals surface area contributed by atoms with E-state index in [4.69, 9.17) is 4.42 Å². The van der Waals surface area contributed by atoms with Crippen molar-refractivity contribution in [3.05, 3.63) is 60.4 Å². The van der Waals surface area contributed by atoms with Crippen molar-refractivity contribution < 1.29 is 13.2 Å². The number of aromatic nitrogens is 3. The Labute approximate surface area is 112 Å². The molecule has 0 saturated heterocycles. The van der Waals surface area contributed by atoms with Gasteiger partial charge in [-0.05, 0) is 24.3 Å². The van der Waals surface area contributed by atoms with Gasteiger partial charge in [0.05, 0.1) is 11.8 Å². The Hall–Kier alpha value is -2.83. The molecule has 2 heterocycles. The first-order valence-electron chi connectivity index (χ1n) is 5.66. The molecule has 100 valence electrons. The van der Waals surface area contributed by atoms with Gasteiger partial charge in [0, 0.05) is 6.07 Å². The molecule has 0 N–H and O–H groups in total. The van der Waals surface area contributed by atoms with Crippen molar-refractivity contribution in [3.8, 4) is 11.3 Å². The van der Waals surface area contributed by atoms with Gasteiger partial charge in [0.15, 0.2) is 0 Å². The van der Waals surface area contributed by atoms with Crippen LogP contribution in [0.4, 0.5) is 8.78 Å². The fraction of sp³-hybridized carbons (Fsp3) is 0. The average molecular weight is 274 g/mol. The van der Waals surface area contributed by atoms with Crippen LogP contribution in [-0.2, 0) is 0 Å². The quantitative estimate of drug-likeness (QED) is 0.690. The van der Waals surface area contributed by atoms with Gasteiger partial charge in [-0.15, -0.1) is 10.2 Å². The topological polar surface area (TPSA) is 56.2 Å². The Morgan fingerprint density at radius 1 is 1.10 bits per heavy atom. The summed E-state index contributed by atoms with van der Waals surface area (Å²) in [6.07, 6.45) is 4.27. The van der Waals surface area contributed by atoms with Gasteiger partial charge in [0.25, 0.3) is 0 Å². The molecule has 0 fully saturated rings. The lowest BCUT2D eigenvalue weighted by atomic mass is 10.1. The van der Waals surface area contributed by atoms with Crippen molar-refractivity contribution in [3.63, 3.8) is 0 Å². The van der Waals surface area contributed by atoms with Crippen LogP contribution in [0.3, 0.4) is 0 Å². The normalized spacial score (nSPS) is 11.3. The van der Waals surface area contributed by atoms with Gasteiger partial charge in [0.2, 0.25) is 0 Å². The fourth-order valence-corrected chi connectivity index (χ4v) is 1.63. The minimum absolute atomic E-state index is 0.190. The molecule has 20 heavy (non-hydrogen) atoms. The zero-order valence-corrected chi connectivity index (χ0v) is 10.1. The Morgan fingerprint density at radius 2 is 1.90 bits per heavy atom. The van der Waals surface area contributed by atoms with E-state index < -0.39 is 11.6 Å². The number of hydrogen-bond acceptors (Lipinski definition) is 4. The smallest absolute Gasteiger partial charge is 0.147 e. The molecule has 0 aliphatic carbocycles. The van der Waals surface area contributed by atoms with Gasteiger partial charge in [-0.2, -0.15) is 5.10 Å². The van der Waals surface area contributed by atoms with Crippen LogP contribution in [-0.4, -0.2) is 21.1 Å². The van der Waals surface area contributed by atoms with Crippen molar-refractivity contribution in [1.29, 1.82) is 0 Å². The maximum atomic E-state index is 13.6. The van der Waals surface area contributed by atoms with Gasteiger partial charge in [-0.1, -0.05) is 0 Å². The van der Waals surface area contributed by atoms with E-state index in [-0.39, 0.29) is 5.56 Å². The highest BCUT2D eigenvalue weighted by molar-refractivity contribution is 5.77. The number of halogens is 2. The summed E-state index contributed by atoms with van der Waals surface area (Å²) in [5.41, 5.74) is 0.190. The third kappa shape index (κ3) is 2.46. The van der Waals surface area contributed by atoms with Crippen molar-refractivity contribution >= 4 is 6.21 Å². The number of benzene rings is 1. The van der Waals surface area contributed by atoms with Gasteiger partial charge in [-0.25, -0.2) is 13.5 Å². The molecule has 0 spiro atoms. The van der Waals surface area contributed by atoms with Crippen LogP contribution in [0.15, 0.2) is 52.5 Å². The first-order valence-corrected chi connectivity index (χ1v) is 5.66. The minimum atomic E-state index is -0.679. The molecule has 5 nitrogen and oxygen atoms in total. The summed E-state index contributed by atoms with van der Waals surface area (Å²) < 4.78 is 33.3. The maximum absolute atomic E-state index is 13.6. The van der Waals surface area contributed by atoms with Gasteiger partial charge in [-0.3, -0.25) is 0 Å². The van der Waals surface area contributed by atoms with Gasteiger partial charge in [0.1, 0.15) is 35.8 Å². The highest BCUT2D eigenvalue weighted by Gasteiger charge is 2.10. The van der Waals surface area contributed by atoms with Gasteiger partial charge < -0.3 is 4.42 Å². The number of rotatable bonds is 3. The summed E-state index contributed by atoms with van der Waals surface area (Å²) in [5, 5.41) is 11.2. The van der Waals surface area contributed by atoms with Crippen LogP contribution in [0.1, 0.15) is 5.76 Å². The highest BCUT2D eigenvalue weighted by Crippen LogP contribution is 2.25. The summed E-state index contributed by atoms with van der Waals surface area (Å²) in [5.74, 6) is -0.584. The van der Waals surface area contributed by atoms with Crippen LogP contribution in [0.2, 0.25) is 0 Å². The Bertz CT molecular complexity index is 750. The summed E-state index contributed by atoms with van der Waals surface area (Å²) in [6, 6.07) is 6.52. The lowest BCUT2D eigenvalue weighted by molar-refractivity contribution is 0.555. The summed E-state index contributed by atoms with van der Waals surface area (Å²) in [4.78, 5) is 0. The standard InChI is InChI=1S/C13H8F2N4O/c14-9-1-3-11(12(15)5-9)13-4-2-10(20-13)6-18-19-7-16-17-8-19/h1-8H/b18-6-. The van der Waals surface area contributed by atoms with Crippen LogP contribution in [0.25, 0.3) is 11.3 Å². The van der Waals surface area contributed by atoms with Crippen molar-refractivity contribution in [2.24, 2.45) is 5.10 Å². The maximum Gasteiger partial charge on any atom is 0.147 e. The Balaban J connectivity index is 1.86. The Morgan fingerprint density at radius 3 is 2.65 bits per heavy atom. The molecule has 0 aliphatic rings. The van der Waals surface area contributed by atoms with Crippen molar-refractivity contribution in [1.82, 2.24) is 14.9 Å². The molecule has 1 aromatic carbocycles. The predicted octanol–water partition coefficient (Wildman–Crippen LogP) is 2.70. The van der Waals surface area contributed by atoms with Crippen LogP contribution in [0, 0.1) is 11.6 Å². The van der Waals surface area contributed by atoms with Crippen LogP contribution in [0.5, 0.6) is 0 Å². The third-order valence-electron chi connectivity index (χ3n) is 2.55. The molecule has 3 aromatic rings. The second kappa shape index (κ2) is 5.04. The SMILES string of the molecule is Fc1ccc(-c2ccc(/C=N\n3cnnc3)o2)c(F)c1. The summed E-state index contributed by atoms with van der Waals surface area (Å²) >= 11 is 0. The lowest BCUT2D eigenvalue weighted by Crippen LogP contribution is -1.86. The molecule has 0 bridgehead atoms. The third-order valence-corrected chi connectivity index (χ3v) is 2.55. The second-order valence-corrected chi connectivity index (χ2v) is 3.91. The molecule has 0 unspecified atom stereocenters. The molecule has 0 atom stereocenters. The predicted molar refractivity (Wildman–Crippen MR) is 67.1 cm³/mol. The largest absolute Gasteiger partial charge is 0.455 e. The zero-order chi connectivity index (χ0) is 13.9. The first kappa shape index (κ1) is 12.2. The monoisotopic (exact) mass is 274 g/mol. The molecule has 0 amide bonds. The summed E-state index contributed by atoms with van der Waals surface area (Å²) in [6.45, 7) is 0. The van der Waals surface area contributed by atoms with E-state index in [0.717, 1.165) is 6.07 Å². The Kier molecular flexibility index (Phi) is 3.08. The van der Waals surface area contributed by atoms with Crippen molar-refractivity contribution in [2.75, 3.05) is 0 Å². The van der Waals surface area contributed by atoms with Crippen molar-refractivity contribution in [2.45, 2.75) is 0 Å². The number of nitrogens with zero attached hydrogens (tertiary/aromatic N) is 4. The zero-order valence-electron chi connectivity index (χ0n) is 10.1. The highest BCUT2D eigenvalue weighted by atomic mass is 19.1. The van der Waals surface area contributed by atoms with Crippen LogP contribution < -0.4 is 0 Å². The molecule has 2 aromatic heterocycles. The minimum Gasteiger partial charge on any atom is -0.455 e. The molecule has 0 radical (unpaired) electrons. The molecule has 0 aliphatic heterocycles. The molecule has 7 heteroatoms. The van der Waals surface area contributed by atoms with E-state index in [1.165, 1.54) is 35.7 Å². The van der Waals surface area contributed by atoms with Gasteiger partial charge >= 0.3 is 0 Å². The first-order chi connectivity index (χ1) is 9.72. The lowest BCUT2D eigenvalue weighted by Gasteiger charge is -1.98. The van der Waals surface area contributed by atoms with E-state index >= 15 is 0 Å². The molecule has 3 rings (SSSR count). The fourth-order valence-electron chi connectivity index (χ4n) is 1.63. The number of furan rings is 1. The molecular formula is C13H8F2N4O. The van der Waals surface area contributed by atoms with E-state index in [0.29, 0.717) is 11.5 Å². The van der Waals surface area contributed by atoms with E-state index in [2.05, 4.69) is 15.3 Å².